The van der Waals surface area contributed by atoms with E-state index in [1.54, 1.807) is 6.07 Å². The molecule has 1 fully saturated rings. The van der Waals surface area contributed by atoms with Gasteiger partial charge in [0.05, 0.1) is 5.92 Å². The van der Waals surface area contributed by atoms with Gasteiger partial charge in [0.25, 0.3) is 0 Å². The highest BCUT2D eigenvalue weighted by molar-refractivity contribution is 6.03. The van der Waals surface area contributed by atoms with Crippen molar-refractivity contribution in [3.63, 3.8) is 0 Å². The van der Waals surface area contributed by atoms with Gasteiger partial charge in [-0.3, -0.25) is 14.5 Å². The van der Waals surface area contributed by atoms with E-state index in [2.05, 4.69) is 5.18 Å². The number of aromatic hydroxyl groups is 1. The standard InChI is InChI=1S/C15H18N2O4/c1-9(2)8-17-14(19)6-11(15(17)20)5-10-3-4-12(16-21)7-13(10)18/h3-4,7,9,11,18H,5-6,8H2,1-2H3. The molecule has 0 radical (unpaired) electrons. The van der Waals surface area contributed by atoms with Crippen LogP contribution in [0.25, 0.3) is 0 Å². The molecule has 1 aromatic rings. The van der Waals surface area contributed by atoms with Gasteiger partial charge in [-0.25, -0.2) is 0 Å². The summed E-state index contributed by atoms with van der Waals surface area (Å²) in [4.78, 5) is 35.8. The van der Waals surface area contributed by atoms with Gasteiger partial charge < -0.3 is 5.11 Å². The number of phenolic OH excluding ortho intramolecular Hbond substituents is 1. The normalized spacial score (nSPS) is 18.6. The Kier molecular flexibility index (Phi) is 4.35. The molecular formula is C15H18N2O4. The van der Waals surface area contributed by atoms with Crippen molar-refractivity contribution < 1.29 is 14.7 Å². The van der Waals surface area contributed by atoms with Crippen LogP contribution in [0.1, 0.15) is 25.8 Å². The van der Waals surface area contributed by atoms with Crippen LogP contribution >= 0.6 is 0 Å². The Labute approximate surface area is 122 Å². The van der Waals surface area contributed by atoms with Crippen molar-refractivity contribution >= 4 is 17.5 Å². The number of nitroso groups, excluding NO2 is 1. The lowest BCUT2D eigenvalue weighted by molar-refractivity contribution is -0.139. The first-order chi connectivity index (χ1) is 9.92. The predicted octanol–water partition coefficient (Wildman–Crippen LogP) is 2.36. The maximum atomic E-state index is 12.2. The number of phenols is 1. The topological polar surface area (TPSA) is 87.0 Å². The second-order valence-corrected chi connectivity index (χ2v) is 5.75. The first-order valence-corrected chi connectivity index (χ1v) is 6.91. The van der Waals surface area contributed by atoms with E-state index in [1.807, 2.05) is 13.8 Å². The SMILES string of the molecule is CC(C)CN1C(=O)CC(Cc2ccc(N=O)cc2O)C1=O. The predicted molar refractivity (Wildman–Crippen MR) is 76.9 cm³/mol. The fourth-order valence-electron chi connectivity index (χ4n) is 2.52. The molecule has 1 aromatic carbocycles. The average molecular weight is 290 g/mol. The number of carbonyl (C=O) groups is 2. The molecule has 1 N–H and O–H groups in total. The van der Waals surface area contributed by atoms with E-state index < -0.39 is 5.92 Å². The van der Waals surface area contributed by atoms with E-state index in [0.717, 1.165) is 0 Å². The highest BCUT2D eigenvalue weighted by Crippen LogP contribution is 2.30. The molecule has 2 amide bonds. The van der Waals surface area contributed by atoms with Crippen molar-refractivity contribution in [2.75, 3.05) is 6.54 Å². The van der Waals surface area contributed by atoms with Crippen LogP contribution in [-0.4, -0.2) is 28.4 Å². The number of hydrogen-bond acceptors (Lipinski definition) is 5. The monoisotopic (exact) mass is 290 g/mol. The third-order valence-electron chi connectivity index (χ3n) is 3.53. The molecule has 1 unspecified atom stereocenters. The second-order valence-electron chi connectivity index (χ2n) is 5.75. The summed E-state index contributed by atoms with van der Waals surface area (Å²) in [5.74, 6) is -0.648. The molecule has 1 aliphatic heterocycles. The summed E-state index contributed by atoms with van der Waals surface area (Å²) in [6.07, 6.45) is 0.447. The number of hydrogen-bond donors (Lipinski definition) is 1. The van der Waals surface area contributed by atoms with Crippen LogP contribution in [0, 0.1) is 16.7 Å². The molecule has 0 saturated carbocycles. The van der Waals surface area contributed by atoms with Crippen molar-refractivity contribution in [2.45, 2.75) is 26.7 Å². The Morgan fingerprint density at radius 1 is 1.38 bits per heavy atom. The van der Waals surface area contributed by atoms with Crippen molar-refractivity contribution in [3.8, 4) is 5.75 Å². The molecule has 21 heavy (non-hydrogen) atoms. The first kappa shape index (κ1) is 15.2. The number of benzene rings is 1. The van der Waals surface area contributed by atoms with Gasteiger partial charge in [-0.1, -0.05) is 19.9 Å². The quantitative estimate of drug-likeness (QED) is 0.666. The second kappa shape index (κ2) is 6.03. The zero-order chi connectivity index (χ0) is 15.6. The summed E-state index contributed by atoms with van der Waals surface area (Å²) in [7, 11) is 0. The molecule has 1 saturated heterocycles. The minimum Gasteiger partial charge on any atom is -0.508 e. The Bertz CT molecular complexity index is 583. The molecule has 112 valence electrons. The molecule has 0 spiro atoms. The lowest BCUT2D eigenvalue weighted by atomic mass is 9.97. The lowest BCUT2D eigenvalue weighted by Gasteiger charge is -2.17. The number of amides is 2. The van der Waals surface area contributed by atoms with Gasteiger partial charge in [0.2, 0.25) is 11.8 Å². The molecule has 0 aliphatic carbocycles. The molecule has 0 bridgehead atoms. The molecule has 6 nitrogen and oxygen atoms in total. The minimum absolute atomic E-state index is 0.0744. The van der Waals surface area contributed by atoms with Crippen LogP contribution in [0.3, 0.4) is 0 Å². The smallest absolute Gasteiger partial charge is 0.233 e. The Balaban J connectivity index is 2.12. The van der Waals surface area contributed by atoms with E-state index in [-0.39, 0.29) is 42.0 Å². The molecule has 1 aliphatic rings. The number of carbonyl (C=O) groups excluding carboxylic acids is 2. The van der Waals surface area contributed by atoms with Crippen LogP contribution < -0.4 is 0 Å². The van der Waals surface area contributed by atoms with Crippen molar-refractivity contribution in [1.82, 2.24) is 4.90 Å². The highest BCUT2D eigenvalue weighted by atomic mass is 16.3. The Morgan fingerprint density at radius 3 is 2.67 bits per heavy atom. The zero-order valence-corrected chi connectivity index (χ0v) is 12.1. The number of rotatable bonds is 5. The number of likely N-dealkylation sites (tertiary alicyclic amines) is 1. The van der Waals surface area contributed by atoms with E-state index in [1.165, 1.54) is 17.0 Å². The Morgan fingerprint density at radius 2 is 2.10 bits per heavy atom. The van der Waals surface area contributed by atoms with Gasteiger partial charge in [-0.05, 0) is 29.1 Å². The summed E-state index contributed by atoms with van der Waals surface area (Å²) in [5.41, 5.74) is 0.673. The molecule has 0 aromatic heterocycles. The average Bonchev–Trinajstić information content (AvgIpc) is 2.68. The van der Waals surface area contributed by atoms with E-state index in [0.29, 0.717) is 12.1 Å². The third kappa shape index (κ3) is 3.26. The summed E-state index contributed by atoms with van der Waals surface area (Å²) < 4.78 is 0. The summed E-state index contributed by atoms with van der Waals surface area (Å²) >= 11 is 0. The summed E-state index contributed by atoms with van der Waals surface area (Å²) in [6, 6.07) is 4.31. The van der Waals surface area contributed by atoms with Crippen LogP contribution in [-0.2, 0) is 16.0 Å². The maximum Gasteiger partial charge on any atom is 0.233 e. The fourth-order valence-corrected chi connectivity index (χ4v) is 2.52. The van der Waals surface area contributed by atoms with Gasteiger partial charge in [0.15, 0.2) is 0 Å². The molecular weight excluding hydrogens is 272 g/mol. The lowest BCUT2D eigenvalue weighted by Crippen LogP contribution is -2.34. The van der Waals surface area contributed by atoms with Gasteiger partial charge >= 0.3 is 0 Å². The van der Waals surface area contributed by atoms with E-state index in [4.69, 9.17) is 0 Å². The molecule has 6 heteroatoms. The fraction of sp³-hybridized carbons (Fsp3) is 0.467. The van der Waals surface area contributed by atoms with Crippen molar-refractivity contribution in [2.24, 2.45) is 17.0 Å². The number of imide groups is 1. The highest BCUT2D eigenvalue weighted by Gasteiger charge is 2.38. The zero-order valence-electron chi connectivity index (χ0n) is 12.1. The summed E-state index contributed by atoms with van der Waals surface area (Å²) in [5, 5.41) is 12.6. The van der Waals surface area contributed by atoms with Crippen molar-refractivity contribution in [3.05, 3.63) is 28.7 Å². The molecule has 2 rings (SSSR count). The minimum atomic E-state index is -0.447. The van der Waals surface area contributed by atoms with Gasteiger partial charge in [0.1, 0.15) is 11.4 Å². The van der Waals surface area contributed by atoms with Gasteiger partial charge in [-0.15, -0.1) is 4.91 Å². The largest absolute Gasteiger partial charge is 0.508 e. The van der Waals surface area contributed by atoms with Gasteiger partial charge in [-0.2, -0.15) is 0 Å². The maximum absolute atomic E-state index is 12.2. The van der Waals surface area contributed by atoms with Crippen LogP contribution in [0.4, 0.5) is 5.69 Å². The van der Waals surface area contributed by atoms with Crippen LogP contribution in [0.15, 0.2) is 23.4 Å². The van der Waals surface area contributed by atoms with E-state index in [9.17, 15) is 19.6 Å². The summed E-state index contributed by atoms with van der Waals surface area (Å²) in [6.45, 7) is 4.32. The Hall–Kier alpha value is -2.24. The first-order valence-electron chi connectivity index (χ1n) is 6.91. The van der Waals surface area contributed by atoms with Crippen molar-refractivity contribution in [1.29, 1.82) is 0 Å². The number of nitrogens with zero attached hydrogens (tertiary/aromatic N) is 2. The van der Waals surface area contributed by atoms with Gasteiger partial charge in [0, 0.05) is 19.0 Å². The molecule has 1 atom stereocenters. The van der Waals surface area contributed by atoms with Crippen LogP contribution in [0.2, 0.25) is 0 Å². The third-order valence-corrected chi connectivity index (χ3v) is 3.53. The molecule has 1 heterocycles. The van der Waals surface area contributed by atoms with Crippen LogP contribution in [0.5, 0.6) is 5.75 Å². The van der Waals surface area contributed by atoms with E-state index >= 15 is 0 Å².